The lowest BCUT2D eigenvalue weighted by Crippen LogP contribution is -2.32. The van der Waals surface area contributed by atoms with Crippen molar-refractivity contribution in [3.8, 4) is 11.8 Å². The van der Waals surface area contributed by atoms with Gasteiger partial charge in [-0.05, 0) is 36.4 Å². The molecule has 9 nitrogen and oxygen atoms in total. The van der Waals surface area contributed by atoms with Gasteiger partial charge >= 0.3 is 5.97 Å². The van der Waals surface area contributed by atoms with Crippen LogP contribution in [0.4, 0.5) is 5.69 Å². The number of nitriles is 1. The van der Waals surface area contributed by atoms with Gasteiger partial charge in [-0.1, -0.05) is 12.1 Å². The van der Waals surface area contributed by atoms with Crippen LogP contribution in [0.25, 0.3) is 0 Å². The van der Waals surface area contributed by atoms with Gasteiger partial charge in [0.15, 0.2) is 6.61 Å². The van der Waals surface area contributed by atoms with E-state index in [0.717, 1.165) is 0 Å². The number of rotatable bonds is 8. The Morgan fingerprint density at radius 2 is 1.79 bits per heavy atom. The standard InChI is InChI=1S/C18H17N3O6S/c1-26-15-8-6-14(7-9-15)21-17(22)12-27-18(23)11-20-28(24,25)16-5-3-2-4-13(16)10-19/h2-9,20H,11-12H2,1H3,(H,21,22). The van der Waals surface area contributed by atoms with Crippen molar-refractivity contribution in [3.05, 3.63) is 54.1 Å². The van der Waals surface area contributed by atoms with Crippen LogP contribution >= 0.6 is 0 Å². The van der Waals surface area contributed by atoms with Crippen LogP contribution in [0.5, 0.6) is 5.75 Å². The Morgan fingerprint density at radius 3 is 2.43 bits per heavy atom. The fraction of sp³-hybridized carbons (Fsp3) is 0.167. The Balaban J connectivity index is 1.83. The average Bonchev–Trinajstić information content (AvgIpc) is 2.71. The first-order valence-corrected chi connectivity index (χ1v) is 9.42. The molecule has 10 heteroatoms. The molecule has 0 atom stereocenters. The molecule has 2 aromatic rings. The van der Waals surface area contributed by atoms with Crippen LogP contribution in [-0.2, 0) is 24.3 Å². The fourth-order valence-corrected chi connectivity index (χ4v) is 3.22. The van der Waals surface area contributed by atoms with Crippen molar-refractivity contribution in [1.82, 2.24) is 4.72 Å². The number of esters is 1. The van der Waals surface area contributed by atoms with Gasteiger partial charge in [0.05, 0.1) is 17.6 Å². The number of ether oxygens (including phenoxy) is 2. The molecule has 0 heterocycles. The first-order chi connectivity index (χ1) is 13.4. The molecule has 0 aliphatic carbocycles. The first kappa shape index (κ1) is 20.9. The molecule has 2 rings (SSSR count). The van der Waals surface area contributed by atoms with E-state index in [4.69, 9.17) is 14.7 Å². The lowest BCUT2D eigenvalue weighted by molar-refractivity contribution is -0.146. The maximum atomic E-state index is 12.2. The summed E-state index contributed by atoms with van der Waals surface area (Å²) in [4.78, 5) is 23.2. The molecule has 0 fully saturated rings. The number of amides is 1. The SMILES string of the molecule is COc1ccc(NC(=O)COC(=O)CNS(=O)(=O)c2ccccc2C#N)cc1. The van der Waals surface area contributed by atoms with Gasteiger partial charge < -0.3 is 14.8 Å². The van der Waals surface area contributed by atoms with Gasteiger partial charge in [-0.3, -0.25) is 9.59 Å². The van der Waals surface area contributed by atoms with Gasteiger partial charge in [-0.15, -0.1) is 0 Å². The number of hydrogen-bond donors (Lipinski definition) is 2. The fourth-order valence-electron chi connectivity index (χ4n) is 2.09. The minimum absolute atomic E-state index is 0.0535. The summed E-state index contributed by atoms with van der Waals surface area (Å²) in [7, 11) is -2.56. The van der Waals surface area contributed by atoms with Crippen molar-refractivity contribution >= 4 is 27.6 Å². The number of hydrogen-bond acceptors (Lipinski definition) is 7. The summed E-state index contributed by atoms with van der Waals surface area (Å²) in [6.07, 6.45) is 0. The predicted octanol–water partition coefficient (Wildman–Crippen LogP) is 1.03. The zero-order valence-electron chi connectivity index (χ0n) is 14.8. The largest absolute Gasteiger partial charge is 0.497 e. The molecule has 0 saturated carbocycles. The molecule has 0 aliphatic rings. The minimum Gasteiger partial charge on any atom is -0.497 e. The molecule has 2 aromatic carbocycles. The Hall–Kier alpha value is -3.42. The van der Waals surface area contributed by atoms with Gasteiger partial charge in [0.25, 0.3) is 5.91 Å². The Morgan fingerprint density at radius 1 is 1.11 bits per heavy atom. The molecule has 0 radical (unpaired) electrons. The highest BCUT2D eigenvalue weighted by atomic mass is 32.2. The molecule has 2 N–H and O–H groups in total. The number of benzene rings is 2. The van der Waals surface area contributed by atoms with E-state index in [2.05, 4.69) is 5.32 Å². The average molecular weight is 403 g/mol. The van der Waals surface area contributed by atoms with E-state index in [1.165, 1.54) is 31.4 Å². The predicted molar refractivity (Wildman–Crippen MR) is 98.9 cm³/mol. The smallest absolute Gasteiger partial charge is 0.321 e. The van der Waals surface area contributed by atoms with Crippen molar-refractivity contribution in [2.24, 2.45) is 0 Å². The highest BCUT2D eigenvalue weighted by Gasteiger charge is 2.19. The maximum Gasteiger partial charge on any atom is 0.321 e. The van der Waals surface area contributed by atoms with Crippen molar-refractivity contribution in [2.45, 2.75) is 4.90 Å². The molecule has 0 spiro atoms. The normalized spacial score (nSPS) is 10.6. The first-order valence-electron chi connectivity index (χ1n) is 7.94. The number of nitrogens with one attached hydrogen (secondary N) is 2. The van der Waals surface area contributed by atoms with Crippen molar-refractivity contribution in [1.29, 1.82) is 5.26 Å². The summed E-state index contributed by atoms with van der Waals surface area (Å²) in [5, 5.41) is 11.5. The van der Waals surface area contributed by atoms with Gasteiger partial charge in [0, 0.05) is 5.69 Å². The van der Waals surface area contributed by atoms with Gasteiger partial charge in [-0.25, -0.2) is 8.42 Å². The highest BCUT2D eigenvalue weighted by molar-refractivity contribution is 7.89. The van der Waals surface area contributed by atoms with Crippen LogP contribution in [0.15, 0.2) is 53.4 Å². The van der Waals surface area contributed by atoms with E-state index in [9.17, 15) is 18.0 Å². The minimum atomic E-state index is -4.08. The molecule has 0 aromatic heterocycles. The van der Waals surface area contributed by atoms with E-state index in [0.29, 0.717) is 11.4 Å². The summed E-state index contributed by atoms with van der Waals surface area (Å²) in [5.41, 5.74) is 0.429. The van der Waals surface area contributed by atoms with Gasteiger partial charge in [-0.2, -0.15) is 9.98 Å². The second kappa shape index (κ2) is 9.50. The number of sulfonamides is 1. The molecule has 28 heavy (non-hydrogen) atoms. The molecule has 0 bridgehead atoms. The third kappa shape index (κ3) is 5.80. The van der Waals surface area contributed by atoms with Crippen LogP contribution in [0.1, 0.15) is 5.56 Å². The van der Waals surface area contributed by atoms with E-state index in [-0.39, 0.29) is 10.5 Å². The van der Waals surface area contributed by atoms with Crippen LogP contribution in [0.3, 0.4) is 0 Å². The topological polar surface area (TPSA) is 135 Å². The quantitative estimate of drug-likeness (QED) is 0.629. The Bertz CT molecular complexity index is 997. The molecule has 0 saturated heterocycles. The number of nitrogens with zero attached hydrogens (tertiary/aromatic N) is 1. The number of methoxy groups -OCH3 is 1. The monoisotopic (exact) mass is 403 g/mol. The summed E-state index contributed by atoms with van der Waals surface area (Å²) in [6.45, 7) is -1.26. The molecular formula is C18H17N3O6S. The lowest BCUT2D eigenvalue weighted by atomic mass is 10.2. The van der Waals surface area contributed by atoms with E-state index in [1.54, 1.807) is 30.3 Å². The van der Waals surface area contributed by atoms with E-state index < -0.39 is 35.1 Å². The number of carbonyl (C=O) groups is 2. The Kier molecular flexibility index (Phi) is 7.08. The number of carbonyl (C=O) groups excluding carboxylic acids is 2. The zero-order valence-corrected chi connectivity index (χ0v) is 15.7. The van der Waals surface area contributed by atoms with Crippen molar-refractivity contribution < 1.29 is 27.5 Å². The lowest BCUT2D eigenvalue weighted by Gasteiger charge is -2.09. The molecule has 1 amide bonds. The van der Waals surface area contributed by atoms with E-state index >= 15 is 0 Å². The third-order valence-electron chi connectivity index (χ3n) is 3.44. The van der Waals surface area contributed by atoms with Crippen molar-refractivity contribution in [2.75, 3.05) is 25.6 Å². The molecular weight excluding hydrogens is 386 g/mol. The second-order valence-corrected chi connectivity index (χ2v) is 7.11. The second-order valence-electron chi connectivity index (χ2n) is 5.37. The zero-order chi connectivity index (χ0) is 20.6. The van der Waals surface area contributed by atoms with Crippen LogP contribution in [0.2, 0.25) is 0 Å². The maximum absolute atomic E-state index is 12.2. The molecule has 146 valence electrons. The molecule has 0 unspecified atom stereocenters. The molecule has 0 aliphatic heterocycles. The van der Waals surface area contributed by atoms with E-state index in [1.807, 2.05) is 4.72 Å². The summed E-state index contributed by atoms with van der Waals surface area (Å²) < 4.78 is 36.2. The van der Waals surface area contributed by atoms with Gasteiger partial charge in [0.1, 0.15) is 18.4 Å². The summed E-state index contributed by atoms with van der Waals surface area (Å²) in [6, 6.07) is 13.8. The number of anilines is 1. The van der Waals surface area contributed by atoms with Crippen LogP contribution < -0.4 is 14.8 Å². The Labute approximate surface area is 161 Å². The highest BCUT2D eigenvalue weighted by Crippen LogP contribution is 2.15. The van der Waals surface area contributed by atoms with Crippen molar-refractivity contribution in [3.63, 3.8) is 0 Å². The van der Waals surface area contributed by atoms with Gasteiger partial charge in [0.2, 0.25) is 10.0 Å². The van der Waals surface area contributed by atoms with Crippen LogP contribution in [-0.4, -0.2) is 40.6 Å². The summed E-state index contributed by atoms with van der Waals surface area (Å²) >= 11 is 0. The summed E-state index contributed by atoms with van der Waals surface area (Å²) in [5.74, 6) is -0.909. The van der Waals surface area contributed by atoms with Crippen LogP contribution in [0, 0.1) is 11.3 Å². The third-order valence-corrected chi connectivity index (χ3v) is 4.90.